The zero-order chi connectivity index (χ0) is 18.9. The quantitative estimate of drug-likeness (QED) is 0.531. The lowest BCUT2D eigenvalue weighted by Crippen LogP contribution is -2.11. The van der Waals surface area contributed by atoms with Gasteiger partial charge in [-0.15, -0.1) is 11.3 Å². The second-order valence-electron chi connectivity index (χ2n) is 7.32. The van der Waals surface area contributed by atoms with Crippen molar-refractivity contribution in [1.82, 2.24) is 9.97 Å². The zero-order valence-corrected chi connectivity index (χ0v) is 16.2. The van der Waals surface area contributed by atoms with Crippen molar-refractivity contribution >= 4 is 27.4 Å². The summed E-state index contributed by atoms with van der Waals surface area (Å²) in [5.74, 6) is -1.50. The smallest absolute Gasteiger partial charge is 0.248 e. The van der Waals surface area contributed by atoms with Crippen molar-refractivity contribution in [3.63, 3.8) is 0 Å². The third-order valence-electron chi connectivity index (χ3n) is 5.08. The van der Waals surface area contributed by atoms with E-state index in [4.69, 9.17) is 0 Å². The maximum absolute atomic E-state index is 13.6. The lowest BCUT2D eigenvalue weighted by molar-refractivity contribution is 0.00755. The van der Waals surface area contributed by atoms with Gasteiger partial charge in [0.15, 0.2) is 0 Å². The van der Waals surface area contributed by atoms with Gasteiger partial charge in [0.25, 0.3) is 0 Å². The minimum absolute atomic E-state index is 0.0671. The molecule has 142 valence electrons. The van der Waals surface area contributed by atoms with Gasteiger partial charge in [-0.3, -0.25) is 0 Å². The summed E-state index contributed by atoms with van der Waals surface area (Å²) in [6, 6.07) is 12.5. The van der Waals surface area contributed by atoms with E-state index in [0.717, 1.165) is 40.3 Å². The first kappa shape index (κ1) is 18.3. The first-order valence-electron chi connectivity index (χ1n) is 9.44. The highest BCUT2D eigenvalue weighted by Crippen LogP contribution is 2.44. The summed E-state index contributed by atoms with van der Waals surface area (Å²) in [4.78, 5) is 11.3. The van der Waals surface area contributed by atoms with E-state index in [1.54, 1.807) is 11.3 Å². The molecule has 1 unspecified atom stereocenters. The standard InChI is InChI=1S/C21H23F2N3S/c1-14-12-17-19(24-11-5-8-15-6-3-2-4-7-15)25-18(26-20(17)27-14)16-9-10-21(22,23)13-16/h2-4,6-7,12,16H,5,8-11,13H2,1H3,(H,24,25,26). The van der Waals surface area contributed by atoms with Crippen molar-refractivity contribution in [2.45, 2.75) is 50.9 Å². The Morgan fingerprint density at radius 2 is 2.04 bits per heavy atom. The molecule has 3 nitrogen and oxygen atoms in total. The Morgan fingerprint density at radius 1 is 1.22 bits per heavy atom. The van der Waals surface area contributed by atoms with E-state index >= 15 is 0 Å². The topological polar surface area (TPSA) is 37.8 Å². The average molecular weight is 387 g/mol. The average Bonchev–Trinajstić information content (AvgIpc) is 3.20. The number of thiophene rings is 1. The maximum Gasteiger partial charge on any atom is 0.248 e. The molecular weight excluding hydrogens is 364 g/mol. The number of hydrogen-bond acceptors (Lipinski definition) is 4. The fourth-order valence-corrected chi connectivity index (χ4v) is 4.58. The largest absolute Gasteiger partial charge is 0.369 e. The Hall–Kier alpha value is -2.08. The minimum Gasteiger partial charge on any atom is -0.369 e. The first-order chi connectivity index (χ1) is 13.0. The number of aryl methyl sites for hydroxylation is 2. The van der Waals surface area contributed by atoms with Gasteiger partial charge in [0, 0.05) is 30.2 Å². The summed E-state index contributed by atoms with van der Waals surface area (Å²) >= 11 is 1.60. The number of aromatic nitrogens is 2. The molecule has 2 aromatic heterocycles. The molecule has 1 aliphatic rings. The maximum atomic E-state index is 13.6. The third-order valence-corrected chi connectivity index (χ3v) is 6.02. The van der Waals surface area contributed by atoms with Crippen LogP contribution < -0.4 is 5.32 Å². The Labute approximate surface area is 161 Å². The molecule has 6 heteroatoms. The van der Waals surface area contributed by atoms with Crippen LogP contribution in [0.25, 0.3) is 10.2 Å². The number of halogens is 2. The molecule has 3 aromatic rings. The van der Waals surface area contributed by atoms with E-state index in [1.807, 2.05) is 13.0 Å². The molecule has 0 bridgehead atoms. The van der Waals surface area contributed by atoms with Gasteiger partial charge < -0.3 is 5.32 Å². The molecule has 0 radical (unpaired) electrons. The van der Waals surface area contributed by atoms with Crippen LogP contribution in [0.1, 0.15) is 47.9 Å². The summed E-state index contributed by atoms with van der Waals surface area (Å²) < 4.78 is 27.3. The second kappa shape index (κ2) is 7.50. The van der Waals surface area contributed by atoms with E-state index in [9.17, 15) is 8.78 Å². The van der Waals surface area contributed by atoms with Gasteiger partial charge in [0.05, 0.1) is 5.39 Å². The Morgan fingerprint density at radius 3 is 2.78 bits per heavy atom. The van der Waals surface area contributed by atoms with Crippen LogP contribution in [0.2, 0.25) is 0 Å². The van der Waals surface area contributed by atoms with E-state index < -0.39 is 5.92 Å². The first-order valence-corrected chi connectivity index (χ1v) is 10.3. The van der Waals surface area contributed by atoms with Crippen LogP contribution in [-0.2, 0) is 6.42 Å². The molecular formula is C21H23F2N3S. The molecule has 1 saturated carbocycles. The molecule has 0 aliphatic heterocycles. The van der Waals surface area contributed by atoms with Crippen molar-refractivity contribution < 1.29 is 8.78 Å². The molecule has 1 N–H and O–H groups in total. The summed E-state index contributed by atoms with van der Waals surface area (Å²) in [5, 5.41) is 4.42. The van der Waals surface area contributed by atoms with Gasteiger partial charge in [-0.2, -0.15) is 0 Å². The number of nitrogens with one attached hydrogen (secondary N) is 1. The van der Waals surface area contributed by atoms with Crippen LogP contribution in [0, 0.1) is 6.92 Å². The van der Waals surface area contributed by atoms with Crippen molar-refractivity contribution in [3.05, 3.63) is 52.7 Å². The Balaban J connectivity index is 1.50. The predicted octanol–water partition coefficient (Wildman–Crippen LogP) is 5.95. The number of anilines is 1. The van der Waals surface area contributed by atoms with E-state index in [-0.39, 0.29) is 18.8 Å². The van der Waals surface area contributed by atoms with Crippen LogP contribution in [0.15, 0.2) is 36.4 Å². The fraction of sp³-hybridized carbons (Fsp3) is 0.429. The number of alkyl halides is 2. The molecule has 2 heterocycles. The lowest BCUT2D eigenvalue weighted by atomic mass is 10.1. The summed E-state index contributed by atoms with van der Waals surface area (Å²) in [5.41, 5.74) is 1.31. The van der Waals surface area contributed by atoms with Crippen molar-refractivity contribution in [3.8, 4) is 0 Å². The monoisotopic (exact) mass is 387 g/mol. The predicted molar refractivity (Wildman–Crippen MR) is 107 cm³/mol. The highest BCUT2D eigenvalue weighted by molar-refractivity contribution is 7.18. The molecule has 4 rings (SSSR count). The molecule has 0 saturated heterocycles. The Kier molecular flexibility index (Phi) is 5.08. The molecule has 1 fully saturated rings. The van der Waals surface area contributed by atoms with Crippen LogP contribution in [-0.4, -0.2) is 22.4 Å². The van der Waals surface area contributed by atoms with E-state index in [2.05, 4.69) is 45.6 Å². The highest BCUT2D eigenvalue weighted by atomic mass is 32.1. The third kappa shape index (κ3) is 4.26. The van der Waals surface area contributed by atoms with Crippen molar-refractivity contribution in [2.75, 3.05) is 11.9 Å². The van der Waals surface area contributed by atoms with Gasteiger partial charge >= 0.3 is 0 Å². The summed E-state index contributed by atoms with van der Waals surface area (Å²) in [6.07, 6.45) is 2.22. The second-order valence-corrected chi connectivity index (χ2v) is 8.55. The lowest BCUT2D eigenvalue weighted by Gasteiger charge is -2.13. The highest BCUT2D eigenvalue weighted by Gasteiger charge is 2.41. The number of nitrogens with zero attached hydrogens (tertiary/aromatic N) is 2. The number of rotatable bonds is 6. The SMILES string of the molecule is Cc1cc2c(NCCCc3ccccc3)nc(C3CCC(F)(F)C3)nc2s1. The molecule has 1 atom stereocenters. The fourth-order valence-electron chi connectivity index (χ4n) is 3.69. The van der Waals surface area contributed by atoms with E-state index in [1.165, 1.54) is 5.56 Å². The van der Waals surface area contributed by atoms with Crippen LogP contribution in [0.3, 0.4) is 0 Å². The van der Waals surface area contributed by atoms with Gasteiger partial charge in [-0.1, -0.05) is 30.3 Å². The van der Waals surface area contributed by atoms with E-state index in [0.29, 0.717) is 12.2 Å². The molecule has 1 aliphatic carbocycles. The van der Waals surface area contributed by atoms with Crippen LogP contribution in [0.5, 0.6) is 0 Å². The zero-order valence-electron chi connectivity index (χ0n) is 15.3. The molecule has 0 amide bonds. The number of benzene rings is 1. The Bertz CT molecular complexity index is 924. The van der Waals surface area contributed by atoms with Gasteiger partial charge in [0.2, 0.25) is 5.92 Å². The van der Waals surface area contributed by atoms with Gasteiger partial charge in [-0.05, 0) is 37.8 Å². The molecule has 0 spiro atoms. The van der Waals surface area contributed by atoms with Gasteiger partial charge in [0.1, 0.15) is 16.5 Å². The van der Waals surface area contributed by atoms with Gasteiger partial charge in [-0.25, -0.2) is 18.7 Å². The van der Waals surface area contributed by atoms with Crippen LogP contribution >= 0.6 is 11.3 Å². The minimum atomic E-state index is -2.59. The number of fused-ring (bicyclic) bond motifs is 1. The summed E-state index contributed by atoms with van der Waals surface area (Å²) in [6.45, 7) is 2.82. The van der Waals surface area contributed by atoms with Crippen molar-refractivity contribution in [1.29, 1.82) is 0 Å². The number of hydrogen-bond donors (Lipinski definition) is 1. The van der Waals surface area contributed by atoms with Crippen LogP contribution in [0.4, 0.5) is 14.6 Å². The van der Waals surface area contributed by atoms with Crippen molar-refractivity contribution in [2.24, 2.45) is 0 Å². The summed E-state index contributed by atoms with van der Waals surface area (Å²) in [7, 11) is 0. The normalized spacial score (nSPS) is 18.9. The molecule has 27 heavy (non-hydrogen) atoms. The molecule has 1 aromatic carbocycles.